The molecule has 0 aromatic rings. The van der Waals surface area contributed by atoms with Crippen LogP contribution in [0.3, 0.4) is 0 Å². The third kappa shape index (κ3) is 9.60. The molecule has 1 heterocycles. The van der Waals surface area contributed by atoms with Crippen molar-refractivity contribution in [3.8, 4) is 0 Å². The van der Waals surface area contributed by atoms with Gasteiger partial charge in [-0.25, -0.2) is 4.79 Å². The summed E-state index contributed by atoms with van der Waals surface area (Å²) in [5, 5.41) is 5.83. The minimum Gasteiger partial charge on any atom is -0.444 e. The summed E-state index contributed by atoms with van der Waals surface area (Å²) in [5.41, 5.74) is 4.23. The molecule has 1 aliphatic rings. The van der Waals surface area contributed by atoms with Gasteiger partial charge in [-0.2, -0.15) is 0 Å². The number of hydrazine groups is 1. The maximum atomic E-state index is 12.4. The van der Waals surface area contributed by atoms with Gasteiger partial charge < -0.3 is 15.4 Å². The number of hydrogen-bond donors (Lipinski definition) is 4. The lowest BCUT2D eigenvalue weighted by molar-refractivity contribution is -0.130. The largest absolute Gasteiger partial charge is 0.444 e. The zero-order valence-corrected chi connectivity index (χ0v) is 16.6. The van der Waals surface area contributed by atoms with Crippen molar-refractivity contribution in [1.29, 1.82) is 0 Å². The van der Waals surface area contributed by atoms with Crippen LogP contribution in [-0.2, 0) is 14.3 Å². The summed E-state index contributed by atoms with van der Waals surface area (Å²) in [6.45, 7) is 11.0. The van der Waals surface area contributed by atoms with Crippen molar-refractivity contribution in [2.45, 2.75) is 71.9 Å². The third-order valence-corrected chi connectivity index (χ3v) is 3.97. The summed E-state index contributed by atoms with van der Waals surface area (Å²) >= 11 is 0. The molecule has 0 spiro atoms. The molecule has 4 N–H and O–H groups in total. The molecule has 26 heavy (non-hydrogen) atoms. The number of hydrogen-bond acceptors (Lipinski definition) is 5. The predicted molar refractivity (Wildman–Crippen MR) is 99.1 cm³/mol. The molecule has 0 aromatic carbocycles. The monoisotopic (exact) mass is 370 g/mol. The van der Waals surface area contributed by atoms with E-state index in [1.165, 1.54) is 0 Å². The van der Waals surface area contributed by atoms with Crippen LogP contribution in [-0.4, -0.2) is 42.6 Å². The number of alkyl carbamates (subject to hydrolysis) is 1. The molecule has 1 aliphatic heterocycles. The van der Waals surface area contributed by atoms with Crippen molar-refractivity contribution in [2.75, 3.05) is 13.1 Å². The van der Waals surface area contributed by atoms with Gasteiger partial charge in [-0.3, -0.25) is 20.4 Å². The Morgan fingerprint density at radius 2 is 1.73 bits per heavy atom. The quantitative estimate of drug-likeness (QED) is 0.530. The van der Waals surface area contributed by atoms with Gasteiger partial charge in [0.2, 0.25) is 5.91 Å². The lowest BCUT2D eigenvalue weighted by atomic mass is 9.94. The van der Waals surface area contributed by atoms with Crippen molar-refractivity contribution in [1.82, 2.24) is 21.5 Å². The topological polar surface area (TPSA) is 109 Å². The Kier molecular flexibility index (Phi) is 8.84. The Morgan fingerprint density at radius 3 is 2.27 bits per heavy atom. The van der Waals surface area contributed by atoms with Crippen LogP contribution in [0.25, 0.3) is 0 Å². The molecular weight excluding hydrogens is 336 g/mol. The van der Waals surface area contributed by atoms with Gasteiger partial charge in [0, 0.05) is 6.42 Å². The second-order valence-corrected chi connectivity index (χ2v) is 8.26. The minimum absolute atomic E-state index is 0.186. The highest BCUT2D eigenvalue weighted by molar-refractivity contribution is 5.87. The fourth-order valence-corrected chi connectivity index (χ4v) is 2.77. The van der Waals surface area contributed by atoms with E-state index in [0.717, 1.165) is 25.9 Å². The Bertz CT molecular complexity index is 482. The Hall–Kier alpha value is -1.83. The first-order chi connectivity index (χ1) is 12.1. The summed E-state index contributed by atoms with van der Waals surface area (Å²) in [6.07, 6.45) is 2.08. The number of ether oxygens (including phenoxy) is 1. The summed E-state index contributed by atoms with van der Waals surface area (Å²) < 4.78 is 5.20. The summed E-state index contributed by atoms with van der Waals surface area (Å²) in [6, 6.07) is -0.774. The van der Waals surface area contributed by atoms with E-state index < -0.39 is 23.6 Å². The molecule has 1 fully saturated rings. The molecule has 150 valence electrons. The van der Waals surface area contributed by atoms with E-state index in [1.807, 2.05) is 13.8 Å². The van der Waals surface area contributed by atoms with Crippen molar-refractivity contribution < 1.29 is 19.1 Å². The molecule has 0 radical (unpaired) electrons. The van der Waals surface area contributed by atoms with Crippen molar-refractivity contribution in [2.24, 2.45) is 11.8 Å². The maximum Gasteiger partial charge on any atom is 0.408 e. The second kappa shape index (κ2) is 10.4. The van der Waals surface area contributed by atoms with Crippen LogP contribution in [0, 0.1) is 11.8 Å². The summed E-state index contributed by atoms with van der Waals surface area (Å²) in [7, 11) is 0. The fourth-order valence-electron chi connectivity index (χ4n) is 2.77. The van der Waals surface area contributed by atoms with Crippen LogP contribution in [0.15, 0.2) is 0 Å². The number of carbonyl (C=O) groups excluding carboxylic acids is 3. The third-order valence-electron chi connectivity index (χ3n) is 3.97. The maximum absolute atomic E-state index is 12.4. The number of carbonyl (C=O) groups is 3. The lowest BCUT2D eigenvalue weighted by Gasteiger charge is -2.24. The molecule has 0 unspecified atom stereocenters. The van der Waals surface area contributed by atoms with Gasteiger partial charge in [-0.05, 0) is 65.0 Å². The molecule has 0 aromatic heterocycles. The lowest BCUT2D eigenvalue weighted by Crippen LogP contribution is -2.53. The van der Waals surface area contributed by atoms with Crippen LogP contribution in [0.1, 0.15) is 60.3 Å². The van der Waals surface area contributed by atoms with Crippen LogP contribution in [0.5, 0.6) is 0 Å². The van der Waals surface area contributed by atoms with E-state index in [0.29, 0.717) is 18.8 Å². The van der Waals surface area contributed by atoms with Gasteiger partial charge in [0.15, 0.2) is 0 Å². The first-order valence-electron chi connectivity index (χ1n) is 9.35. The van der Waals surface area contributed by atoms with Crippen LogP contribution < -0.4 is 21.5 Å². The molecular formula is C18H34N4O4. The smallest absolute Gasteiger partial charge is 0.408 e. The molecule has 8 heteroatoms. The van der Waals surface area contributed by atoms with Crippen molar-refractivity contribution in [3.05, 3.63) is 0 Å². The van der Waals surface area contributed by atoms with Crippen LogP contribution in [0.4, 0.5) is 4.79 Å². The fraction of sp³-hybridized carbons (Fsp3) is 0.833. The van der Waals surface area contributed by atoms with Gasteiger partial charge in [-0.1, -0.05) is 13.8 Å². The van der Waals surface area contributed by atoms with E-state index in [9.17, 15) is 14.4 Å². The number of rotatable bonds is 6. The molecule has 1 atom stereocenters. The summed E-state index contributed by atoms with van der Waals surface area (Å²) in [4.78, 5) is 36.3. The standard InChI is InChI=1S/C18H34N4O4/c1-12(2)10-14(20-17(25)26-18(3,4)5)16(24)22-21-15(23)11-13-6-8-19-9-7-13/h12-14,19H,6-11H2,1-5H3,(H,20,25)(H,21,23)(H,22,24)/t14-/m0/s1. The Balaban J connectivity index is 2.48. The highest BCUT2D eigenvalue weighted by atomic mass is 16.6. The molecule has 0 saturated carbocycles. The summed E-state index contributed by atoms with van der Waals surface area (Å²) in [5.74, 6) is -0.153. The molecule has 3 amide bonds. The van der Waals surface area contributed by atoms with Crippen LogP contribution in [0.2, 0.25) is 0 Å². The van der Waals surface area contributed by atoms with Gasteiger partial charge in [0.25, 0.3) is 5.91 Å². The molecule has 1 saturated heterocycles. The van der Waals surface area contributed by atoms with Gasteiger partial charge in [-0.15, -0.1) is 0 Å². The van der Waals surface area contributed by atoms with Crippen molar-refractivity contribution >= 4 is 17.9 Å². The van der Waals surface area contributed by atoms with E-state index in [2.05, 4.69) is 21.5 Å². The SMILES string of the molecule is CC(C)C[C@H](NC(=O)OC(C)(C)C)C(=O)NNC(=O)CC1CCNCC1. The van der Waals surface area contributed by atoms with Gasteiger partial charge in [0.05, 0.1) is 0 Å². The number of nitrogens with one attached hydrogen (secondary N) is 4. The average Bonchev–Trinajstić information content (AvgIpc) is 2.50. The van der Waals surface area contributed by atoms with Crippen molar-refractivity contribution in [3.63, 3.8) is 0 Å². The van der Waals surface area contributed by atoms with E-state index in [-0.39, 0.29) is 11.8 Å². The average molecular weight is 370 g/mol. The van der Waals surface area contributed by atoms with E-state index in [1.54, 1.807) is 20.8 Å². The number of amides is 3. The first kappa shape index (κ1) is 22.2. The Labute approximate surface area is 156 Å². The normalized spacial score (nSPS) is 16.7. The van der Waals surface area contributed by atoms with Crippen LogP contribution >= 0.6 is 0 Å². The predicted octanol–water partition coefficient (Wildman–Crippen LogP) is 1.46. The minimum atomic E-state index is -0.774. The van der Waals surface area contributed by atoms with E-state index >= 15 is 0 Å². The molecule has 1 rings (SSSR count). The van der Waals surface area contributed by atoms with E-state index in [4.69, 9.17) is 4.74 Å². The second-order valence-electron chi connectivity index (χ2n) is 8.26. The first-order valence-corrected chi connectivity index (χ1v) is 9.35. The number of piperidine rings is 1. The zero-order chi connectivity index (χ0) is 19.7. The highest BCUT2D eigenvalue weighted by Crippen LogP contribution is 2.15. The highest BCUT2D eigenvalue weighted by Gasteiger charge is 2.25. The van der Waals surface area contributed by atoms with Gasteiger partial charge >= 0.3 is 6.09 Å². The van der Waals surface area contributed by atoms with Gasteiger partial charge in [0.1, 0.15) is 11.6 Å². The Morgan fingerprint density at radius 1 is 1.12 bits per heavy atom. The molecule has 8 nitrogen and oxygen atoms in total. The molecule has 0 aliphatic carbocycles. The molecule has 0 bridgehead atoms. The zero-order valence-electron chi connectivity index (χ0n) is 16.6.